The molecule has 0 saturated carbocycles. The van der Waals surface area contributed by atoms with Crippen LogP contribution in [0.2, 0.25) is 5.02 Å². The molecule has 0 fully saturated rings. The summed E-state index contributed by atoms with van der Waals surface area (Å²) in [5.74, 6) is 2.45. The molecule has 0 atom stereocenters. The van der Waals surface area contributed by atoms with Crippen molar-refractivity contribution in [1.29, 1.82) is 0 Å². The number of methoxy groups -OCH3 is 1. The van der Waals surface area contributed by atoms with E-state index in [0.717, 1.165) is 66.6 Å². The first kappa shape index (κ1) is 24.6. The molecule has 0 spiro atoms. The van der Waals surface area contributed by atoms with Gasteiger partial charge in [0.05, 0.1) is 19.3 Å². The van der Waals surface area contributed by atoms with Gasteiger partial charge in [0, 0.05) is 30.1 Å². The molecule has 28 heavy (non-hydrogen) atoms. The van der Waals surface area contributed by atoms with Gasteiger partial charge in [-0.25, -0.2) is 4.99 Å². The van der Waals surface area contributed by atoms with Crippen LogP contribution in [0.4, 0.5) is 0 Å². The molecule has 0 radical (unpaired) electrons. The van der Waals surface area contributed by atoms with Crippen LogP contribution in [-0.4, -0.2) is 31.3 Å². The molecular weight excluding hydrogens is 491 g/mol. The van der Waals surface area contributed by atoms with Gasteiger partial charge in [0.2, 0.25) is 0 Å². The Labute approximate surface area is 189 Å². The lowest BCUT2D eigenvalue weighted by molar-refractivity contribution is 0.380. The summed E-state index contributed by atoms with van der Waals surface area (Å²) in [6.45, 7) is 8.25. The number of aliphatic imine (C=N–C) groups is 1. The second-order valence-electron chi connectivity index (χ2n) is 6.07. The number of aryl methyl sites for hydroxylation is 2. The van der Waals surface area contributed by atoms with Gasteiger partial charge in [-0.1, -0.05) is 36.7 Å². The van der Waals surface area contributed by atoms with Crippen LogP contribution in [0.3, 0.4) is 0 Å². The molecule has 1 aromatic carbocycles. The minimum absolute atomic E-state index is 0. The summed E-state index contributed by atoms with van der Waals surface area (Å²) in [5, 5.41) is 11.5. The van der Waals surface area contributed by atoms with E-state index >= 15 is 0 Å². The van der Waals surface area contributed by atoms with Crippen LogP contribution in [0, 0.1) is 0 Å². The summed E-state index contributed by atoms with van der Waals surface area (Å²) < 4.78 is 10.6. The molecule has 2 N–H and O–H groups in total. The zero-order chi connectivity index (χ0) is 19.6. The predicted molar refractivity (Wildman–Crippen MR) is 125 cm³/mol. The molecule has 0 aliphatic rings. The van der Waals surface area contributed by atoms with Crippen LogP contribution >= 0.6 is 35.6 Å². The molecule has 0 amide bonds. The molecule has 2 rings (SSSR count). The fraction of sp³-hybridized carbons (Fsp3) is 0.500. The van der Waals surface area contributed by atoms with Crippen LogP contribution in [0.1, 0.15) is 43.4 Å². The van der Waals surface area contributed by atoms with Gasteiger partial charge in [0.15, 0.2) is 5.96 Å². The lowest BCUT2D eigenvalue weighted by Crippen LogP contribution is -2.38. The topological polar surface area (TPSA) is 71.7 Å². The first-order valence-electron chi connectivity index (χ1n) is 9.43. The summed E-state index contributed by atoms with van der Waals surface area (Å²) in [6.07, 6.45) is 2.45. The lowest BCUT2D eigenvalue weighted by Gasteiger charge is -2.12. The van der Waals surface area contributed by atoms with E-state index in [1.54, 1.807) is 7.11 Å². The Hall–Kier alpha value is -1.48. The molecule has 0 saturated heterocycles. The highest BCUT2D eigenvalue weighted by Crippen LogP contribution is 2.22. The number of aromatic nitrogens is 1. The number of benzene rings is 1. The van der Waals surface area contributed by atoms with Gasteiger partial charge in [-0.05, 0) is 37.5 Å². The van der Waals surface area contributed by atoms with Crippen molar-refractivity contribution < 1.29 is 9.26 Å². The number of ether oxygens (including phenoxy) is 1. The first-order chi connectivity index (χ1) is 13.1. The van der Waals surface area contributed by atoms with Crippen molar-refractivity contribution in [2.45, 2.75) is 46.6 Å². The standard InChI is InChI=1S/C20H29ClN4O2.HI/c1-5-18-16(19(6-2)27-25-18)13-24-20(22-7-3)23-11-10-14-8-9-15(26-4)12-17(14)21;/h8-9,12H,5-7,10-11,13H2,1-4H3,(H2,22,23,24);1H. The van der Waals surface area contributed by atoms with Crippen LogP contribution in [0.5, 0.6) is 5.75 Å². The van der Waals surface area contributed by atoms with Crippen molar-refractivity contribution in [3.05, 3.63) is 45.8 Å². The molecule has 0 aliphatic heterocycles. The minimum atomic E-state index is 0. The van der Waals surface area contributed by atoms with E-state index in [1.807, 2.05) is 25.1 Å². The predicted octanol–water partition coefficient (Wildman–Crippen LogP) is 4.38. The Balaban J connectivity index is 0.00000392. The number of nitrogens with zero attached hydrogens (tertiary/aromatic N) is 2. The van der Waals surface area contributed by atoms with Crippen LogP contribution in [0.25, 0.3) is 0 Å². The maximum absolute atomic E-state index is 6.31. The van der Waals surface area contributed by atoms with Crippen molar-refractivity contribution in [1.82, 2.24) is 15.8 Å². The molecule has 1 heterocycles. The normalized spacial score (nSPS) is 11.1. The third-order valence-corrected chi connectivity index (χ3v) is 4.65. The summed E-state index contributed by atoms with van der Waals surface area (Å²) in [4.78, 5) is 4.70. The van der Waals surface area contributed by atoms with Gasteiger partial charge in [-0.15, -0.1) is 24.0 Å². The highest BCUT2D eigenvalue weighted by atomic mass is 127. The molecule has 6 nitrogen and oxygen atoms in total. The van der Waals surface area contributed by atoms with Gasteiger partial charge in [0.25, 0.3) is 0 Å². The fourth-order valence-electron chi connectivity index (χ4n) is 2.79. The first-order valence-corrected chi connectivity index (χ1v) is 9.81. The average Bonchev–Trinajstić information content (AvgIpc) is 3.09. The molecule has 1 aromatic heterocycles. The molecule has 0 aliphatic carbocycles. The van der Waals surface area contributed by atoms with E-state index in [4.69, 9.17) is 25.9 Å². The minimum Gasteiger partial charge on any atom is -0.497 e. The summed E-state index contributed by atoms with van der Waals surface area (Å²) in [5.41, 5.74) is 3.15. The molecule has 156 valence electrons. The van der Waals surface area contributed by atoms with Gasteiger partial charge in [-0.2, -0.15) is 0 Å². The highest BCUT2D eigenvalue weighted by Gasteiger charge is 2.13. The molecule has 2 aromatic rings. The molecule has 0 unspecified atom stereocenters. The van der Waals surface area contributed by atoms with Gasteiger partial charge < -0.3 is 19.9 Å². The smallest absolute Gasteiger partial charge is 0.191 e. The SMILES string of the molecule is CCNC(=NCc1c(CC)noc1CC)NCCc1ccc(OC)cc1Cl.I. The number of halogens is 2. The van der Waals surface area contributed by atoms with E-state index in [9.17, 15) is 0 Å². The van der Waals surface area contributed by atoms with Crippen molar-refractivity contribution >= 4 is 41.5 Å². The Kier molecular flexibility index (Phi) is 11.3. The summed E-state index contributed by atoms with van der Waals surface area (Å²) in [7, 11) is 1.63. The van der Waals surface area contributed by atoms with E-state index < -0.39 is 0 Å². The number of nitrogens with one attached hydrogen (secondary N) is 2. The van der Waals surface area contributed by atoms with E-state index in [-0.39, 0.29) is 24.0 Å². The van der Waals surface area contributed by atoms with E-state index in [0.29, 0.717) is 11.6 Å². The number of hydrogen-bond acceptors (Lipinski definition) is 4. The van der Waals surface area contributed by atoms with E-state index in [1.165, 1.54) is 0 Å². The number of guanidine groups is 1. The number of hydrogen-bond donors (Lipinski definition) is 2. The summed E-state index contributed by atoms with van der Waals surface area (Å²) >= 11 is 6.31. The second kappa shape index (κ2) is 12.9. The second-order valence-corrected chi connectivity index (χ2v) is 6.47. The Morgan fingerprint density at radius 2 is 2.00 bits per heavy atom. The quantitative estimate of drug-likeness (QED) is 0.292. The van der Waals surface area contributed by atoms with Crippen LogP contribution in [0.15, 0.2) is 27.7 Å². The van der Waals surface area contributed by atoms with E-state index in [2.05, 4.69) is 29.6 Å². The largest absolute Gasteiger partial charge is 0.497 e. The zero-order valence-corrected chi connectivity index (χ0v) is 20.1. The fourth-order valence-corrected chi connectivity index (χ4v) is 3.05. The van der Waals surface area contributed by atoms with Gasteiger partial charge in [0.1, 0.15) is 11.5 Å². The maximum Gasteiger partial charge on any atom is 0.191 e. The summed E-state index contributed by atoms with van der Waals surface area (Å²) in [6, 6.07) is 5.75. The average molecular weight is 521 g/mol. The monoisotopic (exact) mass is 520 g/mol. The van der Waals surface area contributed by atoms with Gasteiger partial charge in [-0.3, -0.25) is 0 Å². The Bertz CT molecular complexity index is 743. The van der Waals surface area contributed by atoms with Crippen molar-refractivity contribution in [3.63, 3.8) is 0 Å². The third kappa shape index (κ3) is 6.84. The van der Waals surface area contributed by atoms with Crippen LogP contribution < -0.4 is 15.4 Å². The van der Waals surface area contributed by atoms with Crippen molar-refractivity contribution in [2.75, 3.05) is 20.2 Å². The third-order valence-electron chi connectivity index (χ3n) is 4.29. The Morgan fingerprint density at radius 1 is 1.21 bits per heavy atom. The van der Waals surface area contributed by atoms with Gasteiger partial charge >= 0.3 is 0 Å². The van der Waals surface area contributed by atoms with Crippen molar-refractivity contribution in [3.8, 4) is 5.75 Å². The highest BCUT2D eigenvalue weighted by molar-refractivity contribution is 14.0. The maximum atomic E-state index is 6.31. The Morgan fingerprint density at radius 3 is 2.61 bits per heavy atom. The molecule has 8 heteroatoms. The molecule has 0 bridgehead atoms. The number of rotatable bonds is 9. The zero-order valence-electron chi connectivity index (χ0n) is 17.0. The van der Waals surface area contributed by atoms with Crippen molar-refractivity contribution in [2.24, 2.45) is 4.99 Å². The molecular formula is C20H30ClIN4O2. The lowest BCUT2D eigenvalue weighted by atomic mass is 10.1. The van der Waals surface area contributed by atoms with Crippen LogP contribution in [-0.2, 0) is 25.8 Å².